The monoisotopic (exact) mass is 413 g/mol. The van der Waals surface area contributed by atoms with Crippen LogP contribution in [-0.2, 0) is 4.79 Å². The predicted molar refractivity (Wildman–Crippen MR) is 119 cm³/mol. The molecular weight excluding hydrogens is 378 g/mol. The van der Waals surface area contributed by atoms with Gasteiger partial charge in [0.25, 0.3) is 5.91 Å². The molecule has 1 aliphatic carbocycles. The molecule has 1 saturated heterocycles. The Kier molecular flexibility index (Phi) is 7.91. The van der Waals surface area contributed by atoms with E-state index in [0.717, 1.165) is 57.5 Å². The number of piperidine rings is 1. The number of amides is 2. The van der Waals surface area contributed by atoms with E-state index < -0.39 is 0 Å². The highest BCUT2D eigenvalue weighted by Gasteiger charge is 2.29. The molecule has 1 aromatic carbocycles. The predicted octanol–water partition coefficient (Wildman–Crippen LogP) is 3.05. The second-order valence-corrected chi connectivity index (χ2v) is 8.68. The van der Waals surface area contributed by atoms with Crippen LogP contribution in [0.3, 0.4) is 0 Å². The molecule has 0 N–H and O–H groups in total. The molecule has 3 rings (SSSR count). The number of nitrogens with zero attached hydrogens (tertiary/aromatic N) is 3. The first-order valence-corrected chi connectivity index (χ1v) is 11.0. The maximum atomic E-state index is 12.7. The van der Waals surface area contributed by atoms with Crippen molar-refractivity contribution in [2.45, 2.75) is 38.2 Å². The number of likely N-dealkylation sites (N-methyl/N-ethyl adjacent to an activating group) is 2. The van der Waals surface area contributed by atoms with E-state index in [9.17, 15) is 9.59 Å². The summed E-state index contributed by atoms with van der Waals surface area (Å²) in [6, 6.07) is 7.45. The molecule has 0 spiro atoms. The quantitative estimate of drug-likeness (QED) is 0.645. The smallest absolute Gasteiger partial charge is 0.253 e. The fourth-order valence-electron chi connectivity index (χ4n) is 4.04. The average Bonchev–Trinajstić information content (AvgIpc) is 2.77. The first kappa shape index (κ1) is 22.3. The molecule has 6 nitrogen and oxygen atoms in total. The number of rotatable bonds is 7. The minimum Gasteiger partial charge on any atom is -0.490 e. The lowest BCUT2D eigenvalue weighted by Gasteiger charge is -2.34. The zero-order valence-corrected chi connectivity index (χ0v) is 18.5. The van der Waals surface area contributed by atoms with E-state index in [1.54, 1.807) is 4.90 Å². The normalized spacial score (nSPS) is 19.7. The number of carbonyl (C=O) groups is 2. The number of carbonyl (C=O) groups excluding carboxylic acids is 2. The lowest BCUT2D eigenvalue weighted by atomic mass is 9.92. The van der Waals surface area contributed by atoms with Crippen LogP contribution < -0.4 is 4.74 Å². The number of hydrogen-bond acceptors (Lipinski definition) is 4. The summed E-state index contributed by atoms with van der Waals surface area (Å²) < 4.78 is 6.17. The van der Waals surface area contributed by atoms with Crippen LogP contribution in [-0.4, -0.2) is 79.9 Å². The van der Waals surface area contributed by atoms with Crippen molar-refractivity contribution in [3.8, 4) is 5.75 Å². The van der Waals surface area contributed by atoms with Gasteiger partial charge in [-0.2, -0.15) is 0 Å². The average molecular weight is 414 g/mol. The molecule has 6 heteroatoms. The third kappa shape index (κ3) is 6.08. The molecule has 2 amide bonds. The summed E-state index contributed by atoms with van der Waals surface area (Å²) in [6.45, 7) is 3.00. The van der Waals surface area contributed by atoms with Crippen LogP contribution in [0.5, 0.6) is 5.75 Å². The minimum atomic E-state index is 0.00393. The minimum absolute atomic E-state index is 0.00393. The fourth-order valence-corrected chi connectivity index (χ4v) is 4.04. The molecule has 164 valence electrons. The molecule has 30 heavy (non-hydrogen) atoms. The molecular formula is C24H35N3O3. The number of allylic oxidation sites excluding steroid dienone is 2. The highest BCUT2D eigenvalue weighted by atomic mass is 16.5. The molecule has 1 heterocycles. The molecule has 0 aromatic heterocycles. The van der Waals surface area contributed by atoms with Crippen molar-refractivity contribution in [3.63, 3.8) is 0 Å². The summed E-state index contributed by atoms with van der Waals surface area (Å²) >= 11 is 0. The molecule has 1 unspecified atom stereocenters. The molecule has 0 bridgehead atoms. The molecule has 1 fully saturated rings. The second kappa shape index (κ2) is 10.6. The van der Waals surface area contributed by atoms with Crippen LogP contribution in [0.1, 0.15) is 42.5 Å². The van der Waals surface area contributed by atoms with Gasteiger partial charge in [0, 0.05) is 57.5 Å². The highest BCUT2D eigenvalue weighted by molar-refractivity contribution is 5.94. The first-order valence-electron chi connectivity index (χ1n) is 11.0. The van der Waals surface area contributed by atoms with Crippen molar-refractivity contribution in [2.75, 3.05) is 47.3 Å². The van der Waals surface area contributed by atoms with Crippen molar-refractivity contribution in [1.82, 2.24) is 14.7 Å². The van der Waals surface area contributed by atoms with Crippen LogP contribution in [0.2, 0.25) is 0 Å². The van der Waals surface area contributed by atoms with Gasteiger partial charge in [0.1, 0.15) is 11.9 Å². The van der Waals surface area contributed by atoms with Crippen LogP contribution in [0.4, 0.5) is 0 Å². The van der Waals surface area contributed by atoms with Gasteiger partial charge in [-0.25, -0.2) is 0 Å². The van der Waals surface area contributed by atoms with Crippen molar-refractivity contribution >= 4 is 11.8 Å². The Balaban J connectivity index is 1.50. The van der Waals surface area contributed by atoms with E-state index in [1.807, 2.05) is 50.3 Å². The van der Waals surface area contributed by atoms with Crippen molar-refractivity contribution < 1.29 is 14.3 Å². The Morgan fingerprint density at radius 2 is 1.83 bits per heavy atom. The maximum absolute atomic E-state index is 12.7. The zero-order valence-electron chi connectivity index (χ0n) is 18.5. The third-order valence-corrected chi connectivity index (χ3v) is 5.99. The van der Waals surface area contributed by atoms with Crippen LogP contribution in [0.15, 0.2) is 36.4 Å². The Labute approximate surface area is 180 Å². The van der Waals surface area contributed by atoms with Gasteiger partial charge in [-0.3, -0.25) is 9.59 Å². The van der Waals surface area contributed by atoms with E-state index in [2.05, 4.69) is 17.1 Å². The summed E-state index contributed by atoms with van der Waals surface area (Å²) in [7, 11) is 5.82. The Bertz CT molecular complexity index is 754. The summed E-state index contributed by atoms with van der Waals surface area (Å²) in [4.78, 5) is 31.2. The Morgan fingerprint density at radius 3 is 2.50 bits per heavy atom. The fraction of sp³-hybridized carbons (Fsp3) is 0.583. The number of likely N-dealkylation sites (tertiary alicyclic amines) is 1. The summed E-state index contributed by atoms with van der Waals surface area (Å²) in [6.07, 6.45) is 8.89. The van der Waals surface area contributed by atoms with Gasteiger partial charge in [-0.15, -0.1) is 0 Å². The lowest BCUT2D eigenvalue weighted by molar-refractivity contribution is -0.137. The lowest BCUT2D eigenvalue weighted by Crippen LogP contribution is -2.44. The topological polar surface area (TPSA) is 53.1 Å². The van der Waals surface area contributed by atoms with Crippen molar-refractivity contribution in [3.05, 3.63) is 42.0 Å². The number of hydrogen-bond donors (Lipinski definition) is 0. The highest BCUT2D eigenvalue weighted by Crippen LogP contribution is 2.25. The zero-order chi connectivity index (χ0) is 21.5. The van der Waals surface area contributed by atoms with Crippen molar-refractivity contribution in [2.24, 2.45) is 5.92 Å². The molecule has 1 atom stereocenters. The van der Waals surface area contributed by atoms with Crippen LogP contribution in [0, 0.1) is 5.92 Å². The summed E-state index contributed by atoms with van der Waals surface area (Å²) in [5, 5.41) is 0. The van der Waals surface area contributed by atoms with E-state index in [1.165, 1.54) is 0 Å². The van der Waals surface area contributed by atoms with Gasteiger partial charge in [0.05, 0.1) is 0 Å². The summed E-state index contributed by atoms with van der Waals surface area (Å²) in [5.41, 5.74) is 0.645. The molecule has 1 aliphatic heterocycles. The van der Waals surface area contributed by atoms with E-state index in [4.69, 9.17) is 4.74 Å². The summed E-state index contributed by atoms with van der Waals surface area (Å²) in [5.74, 6) is 1.18. The number of ether oxygens (including phenoxy) is 1. The molecule has 2 aliphatic rings. The molecule has 1 aromatic rings. The van der Waals surface area contributed by atoms with Crippen molar-refractivity contribution in [1.29, 1.82) is 0 Å². The maximum Gasteiger partial charge on any atom is 0.253 e. The van der Waals surface area contributed by atoms with Gasteiger partial charge >= 0.3 is 0 Å². The van der Waals surface area contributed by atoms with E-state index >= 15 is 0 Å². The van der Waals surface area contributed by atoms with E-state index in [0.29, 0.717) is 18.0 Å². The molecule has 0 saturated carbocycles. The van der Waals surface area contributed by atoms with Crippen LogP contribution in [0.25, 0.3) is 0 Å². The van der Waals surface area contributed by atoms with E-state index in [-0.39, 0.29) is 17.9 Å². The van der Waals surface area contributed by atoms with Gasteiger partial charge in [-0.1, -0.05) is 18.2 Å². The Morgan fingerprint density at radius 1 is 1.07 bits per heavy atom. The third-order valence-electron chi connectivity index (χ3n) is 5.99. The first-order chi connectivity index (χ1) is 14.4. The second-order valence-electron chi connectivity index (χ2n) is 8.68. The SMILES string of the molecule is CN(C)CCN(C)C(=O)c1cccc(OC2CCN(C(=O)C3CC=CCC3)CC2)c1. The number of benzene rings is 1. The van der Waals surface area contributed by atoms with Gasteiger partial charge in [0.15, 0.2) is 0 Å². The largest absolute Gasteiger partial charge is 0.490 e. The van der Waals surface area contributed by atoms with Crippen LogP contribution >= 0.6 is 0 Å². The van der Waals surface area contributed by atoms with Gasteiger partial charge in [0.2, 0.25) is 5.91 Å². The molecule has 0 radical (unpaired) electrons. The van der Waals surface area contributed by atoms with Gasteiger partial charge in [-0.05, 0) is 51.6 Å². The van der Waals surface area contributed by atoms with Gasteiger partial charge < -0.3 is 19.4 Å². The standard InChI is InChI=1S/C24H35N3O3/c1-25(2)16-17-26(3)23(28)20-10-7-11-22(18-20)30-21-12-14-27(15-13-21)24(29)19-8-5-4-6-9-19/h4-5,7,10-11,18-19,21H,6,8-9,12-17H2,1-3H3. The Hall–Kier alpha value is -2.34.